The van der Waals surface area contributed by atoms with Gasteiger partial charge in [0.25, 0.3) is 0 Å². The van der Waals surface area contributed by atoms with Gasteiger partial charge in [0.1, 0.15) is 5.75 Å². The number of para-hydroxylation sites is 1. The van der Waals surface area contributed by atoms with E-state index in [0.717, 1.165) is 36.1 Å². The molecule has 3 heteroatoms. The van der Waals surface area contributed by atoms with E-state index in [9.17, 15) is 4.79 Å². The molecule has 1 unspecified atom stereocenters. The van der Waals surface area contributed by atoms with Gasteiger partial charge >= 0.3 is 5.97 Å². The number of esters is 1. The Bertz CT molecular complexity index is 622. The Morgan fingerprint density at radius 1 is 1.10 bits per heavy atom. The van der Waals surface area contributed by atoms with Gasteiger partial charge < -0.3 is 10.5 Å². The highest BCUT2D eigenvalue weighted by atomic mass is 16.5. The van der Waals surface area contributed by atoms with E-state index in [1.807, 2.05) is 36.4 Å². The second-order valence-corrected chi connectivity index (χ2v) is 5.09. The first-order valence-electron chi connectivity index (χ1n) is 6.89. The average Bonchev–Trinajstić information content (AvgIpc) is 2.48. The van der Waals surface area contributed by atoms with Crippen molar-refractivity contribution >= 4 is 11.7 Å². The van der Waals surface area contributed by atoms with E-state index in [-0.39, 0.29) is 11.9 Å². The quantitative estimate of drug-likeness (QED) is 0.516. The van der Waals surface area contributed by atoms with Crippen LogP contribution < -0.4 is 10.5 Å². The van der Waals surface area contributed by atoms with Crippen LogP contribution in [0.2, 0.25) is 0 Å². The number of rotatable bonds is 2. The monoisotopic (exact) mass is 267 g/mol. The van der Waals surface area contributed by atoms with Gasteiger partial charge in [-0.05, 0) is 48.6 Å². The van der Waals surface area contributed by atoms with E-state index in [1.54, 1.807) is 12.1 Å². The van der Waals surface area contributed by atoms with Crippen LogP contribution in [0.3, 0.4) is 0 Å². The summed E-state index contributed by atoms with van der Waals surface area (Å²) in [6.07, 6.45) is 2.73. The highest BCUT2D eigenvalue weighted by molar-refractivity contribution is 5.82. The molecule has 20 heavy (non-hydrogen) atoms. The molecule has 0 bridgehead atoms. The van der Waals surface area contributed by atoms with Crippen molar-refractivity contribution in [3.8, 4) is 5.75 Å². The second-order valence-electron chi connectivity index (χ2n) is 5.09. The van der Waals surface area contributed by atoms with Crippen molar-refractivity contribution < 1.29 is 9.53 Å². The topological polar surface area (TPSA) is 52.3 Å². The van der Waals surface area contributed by atoms with Gasteiger partial charge in [0, 0.05) is 5.69 Å². The predicted molar refractivity (Wildman–Crippen MR) is 78.6 cm³/mol. The van der Waals surface area contributed by atoms with Gasteiger partial charge in [-0.2, -0.15) is 0 Å². The molecule has 2 aromatic carbocycles. The summed E-state index contributed by atoms with van der Waals surface area (Å²) in [7, 11) is 0. The standard InChI is InChI=1S/C17H17NO2/c18-16-11-5-8-13-14(16)9-4-10-15(13)17(19)20-12-6-2-1-3-7-12/h1-3,5-8,11,15H,4,9-10,18H2. The summed E-state index contributed by atoms with van der Waals surface area (Å²) in [4.78, 5) is 12.4. The van der Waals surface area contributed by atoms with Crippen LogP contribution in [0.15, 0.2) is 48.5 Å². The number of nitrogens with two attached hydrogens (primary N) is 1. The molecule has 0 radical (unpaired) electrons. The van der Waals surface area contributed by atoms with Gasteiger partial charge in [-0.15, -0.1) is 0 Å². The third kappa shape index (κ3) is 2.39. The smallest absolute Gasteiger partial charge is 0.318 e. The van der Waals surface area contributed by atoms with E-state index in [2.05, 4.69) is 0 Å². The Balaban J connectivity index is 1.86. The molecule has 3 rings (SSSR count). The van der Waals surface area contributed by atoms with Crippen molar-refractivity contribution in [2.45, 2.75) is 25.2 Å². The van der Waals surface area contributed by atoms with E-state index in [4.69, 9.17) is 10.5 Å². The van der Waals surface area contributed by atoms with Gasteiger partial charge in [-0.1, -0.05) is 30.3 Å². The van der Waals surface area contributed by atoms with Gasteiger partial charge in [-0.3, -0.25) is 4.79 Å². The Labute approximate surface area is 118 Å². The Morgan fingerprint density at radius 3 is 2.70 bits per heavy atom. The lowest BCUT2D eigenvalue weighted by Crippen LogP contribution is -2.23. The molecule has 0 aliphatic heterocycles. The van der Waals surface area contributed by atoms with Crippen molar-refractivity contribution in [3.05, 3.63) is 59.7 Å². The number of nitrogen functional groups attached to an aromatic ring is 1. The molecular weight excluding hydrogens is 250 g/mol. The fourth-order valence-corrected chi connectivity index (χ4v) is 2.80. The largest absolute Gasteiger partial charge is 0.426 e. The van der Waals surface area contributed by atoms with E-state index in [0.29, 0.717) is 5.75 Å². The molecule has 0 heterocycles. The van der Waals surface area contributed by atoms with Crippen LogP contribution in [0.1, 0.15) is 29.9 Å². The summed E-state index contributed by atoms with van der Waals surface area (Å²) >= 11 is 0. The van der Waals surface area contributed by atoms with Crippen molar-refractivity contribution in [2.24, 2.45) is 0 Å². The summed E-state index contributed by atoms with van der Waals surface area (Å²) in [5.74, 6) is 0.193. The highest BCUT2D eigenvalue weighted by Crippen LogP contribution is 2.35. The van der Waals surface area contributed by atoms with Crippen LogP contribution in [0.4, 0.5) is 5.69 Å². The lowest BCUT2D eigenvalue weighted by molar-refractivity contribution is -0.136. The number of fused-ring (bicyclic) bond motifs is 1. The van der Waals surface area contributed by atoms with Crippen LogP contribution in [0, 0.1) is 0 Å². The van der Waals surface area contributed by atoms with Gasteiger partial charge in [0.2, 0.25) is 0 Å². The summed E-state index contributed by atoms with van der Waals surface area (Å²) in [5.41, 5.74) is 8.91. The minimum Gasteiger partial charge on any atom is -0.426 e. The van der Waals surface area contributed by atoms with E-state index in [1.165, 1.54) is 0 Å². The number of hydrogen-bond donors (Lipinski definition) is 1. The van der Waals surface area contributed by atoms with E-state index < -0.39 is 0 Å². The fraction of sp³-hybridized carbons (Fsp3) is 0.235. The minimum absolute atomic E-state index is 0.192. The maximum atomic E-state index is 12.4. The van der Waals surface area contributed by atoms with Crippen molar-refractivity contribution in [1.82, 2.24) is 0 Å². The fourth-order valence-electron chi connectivity index (χ4n) is 2.80. The van der Waals surface area contributed by atoms with Crippen molar-refractivity contribution in [1.29, 1.82) is 0 Å². The molecule has 0 spiro atoms. The first-order chi connectivity index (χ1) is 9.75. The number of carbonyl (C=O) groups is 1. The molecule has 1 atom stereocenters. The molecule has 0 saturated heterocycles. The number of ether oxygens (including phenoxy) is 1. The summed E-state index contributed by atoms with van der Waals surface area (Å²) in [6, 6.07) is 15.0. The van der Waals surface area contributed by atoms with Crippen LogP contribution in [-0.2, 0) is 11.2 Å². The van der Waals surface area contributed by atoms with Crippen molar-refractivity contribution in [2.75, 3.05) is 5.73 Å². The third-order valence-corrected chi connectivity index (χ3v) is 3.79. The zero-order valence-electron chi connectivity index (χ0n) is 11.2. The SMILES string of the molecule is Nc1cccc2c1CCCC2C(=O)Oc1ccccc1. The second kappa shape index (κ2) is 5.37. The van der Waals surface area contributed by atoms with Gasteiger partial charge in [0.15, 0.2) is 0 Å². The molecule has 2 N–H and O–H groups in total. The Hall–Kier alpha value is -2.29. The molecule has 1 aliphatic carbocycles. The van der Waals surface area contributed by atoms with Crippen molar-refractivity contribution in [3.63, 3.8) is 0 Å². The number of hydrogen-bond acceptors (Lipinski definition) is 3. The Morgan fingerprint density at radius 2 is 1.90 bits per heavy atom. The zero-order chi connectivity index (χ0) is 13.9. The first kappa shape index (κ1) is 12.7. The highest BCUT2D eigenvalue weighted by Gasteiger charge is 2.28. The maximum absolute atomic E-state index is 12.4. The van der Waals surface area contributed by atoms with Gasteiger partial charge in [0.05, 0.1) is 5.92 Å². The maximum Gasteiger partial charge on any atom is 0.318 e. The number of benzene rings is 2. The predicted octanol–water partition coefficient (Wildman–Crippen LogP) is 3.29. The lowest BCUT2D eigenvalue weighted by atomic mass is 9.82. The van der Waals surface area contributed by atoms with Crippen LogP contribution in [0.25, 0.3) is 0 Å². The normalized spacial score (nSPS) is 17.3. The number of carbonyl (C=O) groups excluding carboxylic acids is 1. The first-order valence-corrected chi connectivity index (χ1v) is 6.89. The molecule has 102 valence electrons. The molecule has 0 saturated carbocycles. The minimum atomic E-state index is -0.206. The number of anilines is 1. The zero-order valence-corrected chi connectivity index (χ0v) is 11.2. The molecule has 0 aromatic heterocycles. The molecule has 2 aromatic rings. The molecular formula is C17H17NO2. The summed E-state index contributed by atoms with van der Waals surface area (Å²) in [6.45, 7) is 0. The average molecular weight is 267 g/mol. The van der Waals surface area contributed by atoms with E-state index >= 15 is 0 Å². The Kier molecular flexibility index (Phi) is 3.42. The van der Waals surface area contributed by atoms with Crippen LogP contribution >= 0.6 is 0 Å². The third-order valence-electron chi connectivity index (χ3n) is 3.79. The molecule has 0 amide bonds. The summed E-state index contributed by atoms with van der Waals surface area (Å²) in [5, 5.41) is 0. The lowest BCUT2D eigenvalue weighted by Gasteiger charge is -2.25. The van der Waals surface area contributed by atoms with Crippen LogP contribution in [-0.4, -0.2) is 5.97 Å². The molecule has 3 nitrogen and oxygen atoms in total. The van der Waals surface area contributed by atoms with Crippen LogP contribution in [0.5, 0.6) is 5.75 Å². The molecule has 1 aliphatic rings. The summed E-state index contributed by atoms with van der Waals surface area (Å²) < 4.78 is 5.47. The molecule has 0 fully saturated rings. The van der Waals surface area contributed by atoms with Gasteiger partial charge in [-0.25, -0.2) is 0 Å².